The molecule has 1 aromatic heterocycles. The van der Waals surface area contributed by atoms with Crippen molar-refractivity contribution in [3.05, 3.63) is 60.2 Å². The molecule has 5 heteroatoms. The predicted molar refractivity (Wildman–Crippen MR) is 89.1 cm³/mol. The Bertz CT molecular complexity index is 800. The summed E-state index contributed by atoms with van der Waals surface area (Å²) in [4.78, 5) is 8.30. The molecule has 118 valence electrons. The molecular weight excluding hydrogens is 293 g/mol. The van der Waals surface area contributed by atoms with Crippen molar-refractivity contribution >= 4 is 16.7 Å². The highest BCUT2D eigenvalue weighted by molar-refractivity contribution is 5.89. The van der Waals surface area contributed by atoms with Gasteiger partial charge in [0, 0.05) is 6.04 Å². The second kappa shape index (κ2) is 6.60. The average Bonchev–Trinajstić information content (AvgIpc) is 2.56. The van der Waals surface area contributed by atoms with E-state index in [9.17, 15) is 4.39 Å². The molecule has 0 bridgehead atoms. The lowest BCUT2D eigenvalue weighted by atomic mass is 10.1. The maximum absolute atomic E-state index is 14.1. The third kappa shape index (κ3) is 3.23. The summed E-state index contributed by atoms with van der Waals surface area (Å²) >= 11 is 0. The van der Waals surface area contributed by atoms with Gasteiger partial charge in [-0.3, -0.25) is 0 Å². The Morgan fingerprint density at radius 1 is 1.13 bits per heavy atom. The zero-order valence-corrected chi connectivity index (χ0v) is 13.1. The molecule has 3 rings (SSSR count). The van der Waals surface area contributed by atoms with E-state index in [1.54, 1.807) is 12.1 Å². The van der Waals surface area contributed by atoms with Crippen LogP contribution in [-0.4, -0.2) is 16.6 Å². The van der Waals surface area contributed by atoms with E-state index < -0.39 is 0 Å². The van der Waals surface area contributed by atoms with Gasteiger partial charge in [-0.05, 0) is 43.7 Å². The van der Waals surface area contributed by atoms with E-state index >= 15 is 0 Å². The van der Waals surface area contributed by atoms with Gasteiger partial charge in [0.25, 0.3) is 0 Å². The van der Waals surface area contributed by atoms with Gasteiger partial charge in [-0.25, -0.2) is 14.4 Å². The number of hydrogen-bond acceptors (Lipinski definition) is 4. The number of aromatic nitrogens is 2. The summed E-state index contributed by atoms with van der Waals surface area (Å²) in [5, 5.41) is 3.67. The molecule has 0 spiro atoms. The number of hydrogen-bond donors (Lipinski definition) is 1. The molecule has 0 saturated heterocycles. The SMILES string of the molecule is CCOc1ccc(C(C)Nc2ncnc3cccc(F)c23)cc1. The first-order valence-corrected chi connectivity index (χ1v) is 7.57. The predicted octanol–water partition coefficient (Wildman–Crippen LogP) is 4.34. The number of ether oxygens (including phenoxy) is 1. The van der Waals surface area contributed by atoms with Crippen LogP contribution in [0.2, 0.25) is 0 Å². The van der Waals surface area contributed by atoms with Crippen LogP contribution in [0.15, 0.2) is 48.8 Å². The number of rotatable bonds is 5. The van der Waals surface area contributed by atoms with Gasteiger partial charge < -0.3 is 10.1 Å². The van der Waals surface area contributed by atoms with E-state index in [4.69, 9.17) is 4.74 Å². The van der Waals surface area contributed by atoms with Gasteiger partial charge >= 0.3 is 0 Å². The van der Waals surface area contributed by atoms with Gasteiger partial charge in [-0.2, -0.15) is 0 Å². The van der Waals surface area contributed by atoms with E-state index in [0.717, 1.165) is 11.3 Å². The van der Waals surface area contributed by atoms with E-state index in [1.807, 2.05) is 38.1 Å². The minimum atomic E-state index is -0.329. The third-order valence-electron chi connectivity index (χ3n) is 3.66. The normalized spacial score (nSPS) is 12.1. The van der Waals surface area contributed by atoms with Gasteiger partial charge in [-0.15, -0.1) is 0 Å². The van der Waals surface area contributed by atoms with Crippen molar-refractivity contribution < 1.29 is 9.13 Å². The first kappa shape index (κ1) is 15.2. The van der Waals surface area contributed by atoms with Crippen LogP contribution < -0.4 is 10.1 Å². The molecule has 0 radical (unpaired) electrons. The summed E-state index contributed by atoms with van der Waals surface area (Å²) in [5.41, 5.74) is 1.65. The van der Waals surface area contributed by atoms with Gasteiger partial charge in [0.05, 0.1) is 17.5 Å². The van der Waals surface area contributed by atoms with Crippen molar-refractivity contribution in [2.75, 3.05) is 11.9 Å². The topological polar surface area (TPSA) is 47.0 Å². The molecule has 1 heterocycles. The Morgan fingerprint density at radius 3 is 2.65 bits per heavy atom. The van der Waals surface area contributed by atoms with E-state index in [1.165, 1.54) is 12.4 Å². The van der Waals surface area contributed by atoms with Crippen LogP contribution in [0.4, 0.5) is 10.2 Å². The monoisotopic (exact) mass is 311 g/mol. The molecular formula is C18H18FN3O. The maximum Gasteiger partial charge on any atom is 0.140 e. The zero-order chi connectivity index (χ0) is 16.2. The Labute approximate surface area is 134 Å². The minimum Gasteiger partial charge on any atom is -0.494 e. The van der Waals surface area contributed by atoms with Crippen LogP contribution in [0.25, 0.3) is 10.9 Å². The lowest BCUT2D eigenvalue weighted by molar-refractivity contribution is 0.340. The van der Waals surface area contributed by atoms with Crippen LogP contribution in [0.5, 0.6) is 5.75 Å². The standard InChI is InChI=1S/C18H18FN3O/c1-3-23-14-9-7-13(8-10-14)12(2)22-18-17-15(19)5-4-6-16(17)20-11-21-18/h4-12H,3H2,1-2H3,(H,20,21,22). The lowest BCUT2D eigenvalue weighted by Crippen LogP contribution is -2.09. The number of benzene rings is 2. The summed E-state index contributed by atoms with van der Waals surface area (Å²) in [6, 6.07) is 12.6. The van der Waals surface area contributed by atoms with Crippen molar-refractivity contribution in [2.45, 2.75) is 19.9 Å². The summed E-state index contributed by atoms with van der Waals surface area (Å²) < 4.78 is 19.5. The van der Waals surface area contributed by atoms with Gasteiger partial charge in [0.1, 0.15) is 23.7 Å². The van der Waals surface area contributed by atoms with Crippen LogP contribution in [0.3, 0.4) is 0 Å². The van der Waals surface area contributed by atoms with Gasteiger partial charge in [0.2, 0.25) is 0 Å². The summed E-state index contributed by atoms with van der Waals surface area (Å²) in [6.07, 6.45) is 1.44. The first-order chi connectivity index (χ1) is 11.2. The van der Waals surface area contributed by atoms with Crippen LogP contribution in [0.1, 0.15) is 25.5 Å². The van der Waals surface area contributed by atoms with Crippen LogP contribution >= 0.6 is 0 Å². The summed E-state index contributed by atoms with van der Waals surface area (Å²) in [5.74, 6) is 1.00. The quantitative estimate of drug-likeness (QED) is 0.761. The van der Waals surface area contributed by atoms with Crippen molar-refractivity contribution in [3.8, 4) is 5.75 Å². The second-order valence-electron chi connectivity index (χ2n) is 5.22. The Hall–Kier alpha value is -2.69. The van der Waals surface area contributed by atoms with E-state index in [2.05, 4.69) is 15.3 Å². The minimum absolute atomic E-state index is 0.0246. The number of fused-ring (bicyclic) bond motifs is 1. The highest BCUT2D eigenvalue weighted by atomic mass is 19.1. The molecule has 0 fully saturated rings. The number of anilines is 1. The van der Waals surface area contributed by atoms with Gasteiger partial charge in [-0.1, -0.05) is 18.2 Å². The highest BCUT2D eigenvalue weighted by Crippen LogP contribution is 2.26. The molecule has 0 aliphatic carbocycles. The van der Waals surface area contributed by atoms with Crippen molar-refractivity contribution in [3.63, 3.8) is 0 Å². The average molecular weight is 311 g/mol. The molecule has 0 aliphatic heterocycles. The van der Waals surface area contributed by atoms with Crippen LogP contribution in [-0.2, 0) is 0 Å². The number of halogens is 1. The Morgan fingerprint density at radius 2 is 1.91 bits per heavy atom. The fraction of sp³-hybridized carbons (Fsp3) is 0.222. The molecule has 1 unspecified atom stereocenters. The molecule has 0 aliphatic rings. The molecule has 0 saturated carbocycles. The molecule has 2 aromatic carbocycles. The second-order valence-corrected chi connectivity index (χ2v) is 5.22. The molecule has 23 heavy (non-hydrogen) atoms. The fourth-order valence-corrected chi connectivity index (χ4v) is 2.49. The van der Waals surface area contributed by atoms with Gasteiger partial charge in [0.15, 0.2) is 0 Å². The largest absolute Gasteiger partial charge is 0.494 e. The van der Waals surface area contributed by atoms with Crippen molar-refractivity contribution in [1.29, 1.82) is 0 Å². The van der Waals surface area contributed by atoms with Crippen molar-refractivity contribution in [1.82, 2.24) is 9.97 Å². The Balaban J connectivity index is 1.87. The maximum atomic E-state index is 14.1. The van der Waals surface area contributed by atoms with Crippen LogP contribution in [0, 0.1) is 5.82 Å². The Kier molecular flexibility index (Phi) is 4.37. The summed E-state index contributed by atoms with van der Waals surface area (Å²) in [6.45, 7) is 4.59. The highest BCUT2D eigenvalue weighted by Gasteiger charge is 2.12. The number of nitrogens with zero attached hydrogens (tertiary/aromatic N) is 2. The fourth-order valence-electron chi connectivity index (χ4n) is 2.49. The van der Waals surface area contributed by atoms with Crippen molar-refractivity contribution in [2.24, 2.45) is 0 Å². The molecule has 0 amide bonds. The summed E-state index contributed by atoms with van der Waals surface area (Å²) in [7, 11) is 0. The smallest absolute Gasteiger partial charge is 0.140 e. The zero-order valence-electron chi connectivity index (χ0n) is 13.1. The lowest BCUT2D eigenvalue weighted by Gasteiger charge is -2.16. The number of nitrogens with one attached hydrogen (secondary N) is 1. The molecule has 1 atom stereocenters. The first-order valence-electron chi connectivity index (χ1n) is 7.57. The third-order valence-corrected chi connectivity index (χ3v) is 3.66. The molecule has 4 nitrogen and oxygen atoms in total. The molecule has 3 aromatic rings. The van der Waals surface area contributed by atoms with E-state index in [-0.39, 0.29) is 11.9 Å². The van der Waals surface area contributed by atoms with E-state index in [0.29, 0.717) is 23.3 Å². The molecule has 1 N–H and O–H groups in total.